The summed E-state index contributed by atoms with van der Waals surface area (Å²) in [5, 5.41) is 28.6. The third-order valence-corrected chi connectivity index (χ3v) is 6.68. The molecule has 1 aliphatic rings. The van der Waals surface area contributed by atoms with Gasteiger partial charge in [-0.25, -0.2) is 0 Å². The first-order valence-electron chi connectivity index (χ1n) is 9.88. The summed E-state index contributed by atoms with van der Waals surface area (Å²) in [5.74, 6) is 0.691. The molecular formula is C21H32IN3O2S. The number of fused-ring (bicyclic) bond motifs is 1. The number of aliphatic hydroxyl groups is 2. The molecule has 156 valence electrons. The van der Waals surface area contributed by atoms with Crippen molar-refractivity contribution in [3.05, 3.63) is 35.2 Å². The van der Waals surface area contributed by atoms with Crippen LogP contribution in [0.15, 0.2) is 35.3 Å². The molecule has 0 amide bonds. The summed E-state index contributed by atoms with van der Waals surface area (Å²) in [5.41, 5.74) is -0.162. The zero-order chi connectivity index (χ0) is 19.3. The second-order valence-corrected chi connectivity index (χ2v) is 8.81. The Kier molecular flexibility index (Phi) is 8.98. The van der Waals surface area contributed by atoms with Gasteiger partial charge in [-0.3, -0.25) is 4.99 Å². The Labute approximate surface area is 188 Å². The van der Waals surface area contributed by atoms with E-state index in [4.69, 9.17) is 4.99 Å². The van der Waals surface area contributed by atoms with Crippen LogP contribution >= 0.6 is 35.3 Å². The van der Waals surface area contributed by atoms with Crippen molar-refractivity contribution in [3.63, 3.8) is 0 Å². The molecule has 4 N–H and O–H groups in total. The minimum atomic E-state index is -0.581. The van der Waals surface area contributed by atoms with Crippen LogP contribution < -0.4 is 10.6 Å². The van der Waals surface area contributed by atoms with Crippen molar-refractivity contribution in [1.29, 1.82) is 0 Å². The molecule has 1 saturated carbocycles. The van der Waals surface area contributed by atoms with Gasteiger partial charge in [0.2, 0.25) is 0 Å². The Hall–Kier alpha value is -0.900. The quantitative estimate of drug-likeness (QED) is 0.265. The van der Waals surface area contributed by atoms with Gasteiger partial charge in [-0.05, 0) is 37.3 Å². The molecule has 3 atom stereocenters. The van der Waals surface area contributed by atoms with Gasteiger partial charge >= 0.3 is 0 Å². The van der Waals surface area contributed by atoms with E-state index in [1.165, 1.54) is 4.70 Å². The molecule has 1 aliphatic carbocycles. The summed E-state index contributed by atoms with van der Waals surface area (Å²) in [7, 11) is 0. The lowest BCUT2D eigenvalue weighted by Gasteiger charge is -2.37. The Balaban J connectivity index is 0.00000280. The number of guanidine groups is 1. The molecule has 1 aromatic heterocycles. The van der Waals surface area contributed by atoms with Crippen molar-refractivity contribution < 1.29 is 10.2 Å². The molecule has 2 aromatic rings. The molecule has 1 aromatic carbocycles. The van der Waals surface area contributed by atoms with E-state index in [2.05, 4.69) is 35.8 Å². The minimum Gasteiger partial charge on any atom is -0.392 e. The van der Waals surface area contributed by atoms with Crippen LogP contribution in [-0.4, -0.2) is 41.9 Å². The van der Waals surface area contributed by atoms with E-state index in [0.29, 0.717) is 19.0 Å². The lowest BCUT2D eigenvalue weighted by Crippen LogP contribution is -2.42. The number of benzene rings is 1. The van der Waals surface area contributed by atoms with E-state index in [1.807, 2.05) is 19.1 Å². The molecule has 0 spiro atoms. The SMILES string of the molecule is CCNC(=NCC1(C)CCCCC1O)NCC(O)c1cc2ccccc2s1.I. The molecule has 1 fully saturated rings. The highest BCUT2D eigenvalue weighted by molar-refractivity contribution is 14.0. The number of halogens is 1. The number of nitrogens with one attached hydrogen (secondary N) is 2. The number of hydrogen-bond acceptors (Lipinski definition) is 4. The fourth-order valence-electron chi connectivity index (χ4n) is 3.63. The van der Waals surface area contributed by atoms with Crippen molar-refractivity contribution in [3.8, 4) is 0 Å². The summed E-state index contributed by atoms with van der Waals surface area (Å²) in [6.45, 7) is 5.89. The standard InChI is InChI=1S/C21H31N3O2S.HI/c1-3-22-20(24-14-21(2)11-7-6-10-19(21)26)23-13-16(25)18-12-15-8-4-5-9-17(15)27-18;/h4-5,8-9,12,16,19,25-26H,3,6-7,10-11,13-14H2,1-2H3,(H2,22,23,24);1H. The number of thiophene rings is 1. The van der Waals surface area contributed by atoms with Crippen LogP contribution in [0.25, 0.3) is 10.1 Å². The van der Waals surface area contributed by atoms with E-state index in [1.54, 1.807) is 11.3 Å². The van der Waals surface area contributed by atoms with Crippen LogP contribution in [0.3, 0.4) is 0 Å². The highest BCUT2D eigenvalue weighted by Crippen LogP contribution is 2.36. The van der Waals surface area contributed by atoms with Crippen LogP contribution in [0, 0.1) is 5.41 Å². The molecule has 3 unspecified atom stereocenters. The third kappa shape index (κ3) is 5.81. The number of hydrogen-bond donors (Lipinski definition) is 4. The van der Waals surface area contributed by atoms with E-state index in [-0.39, 0.29) is 35.5 Å². The molecular weight excluding hydrogens is 485 g/mol. The number of rotatable bonds is 6. The molecule has 0 bridgehead atoms. The molecule has 7 heteroatoms. The van der Waals surface area contributed by atoms with E-state index in [9.17, 15) is 10.2 Å². The van der Waals surface area contributed by atoms with Gasteiger partial charge in [0.15, 0.2) is 5.96 Å². The maximum absolute atomic E-state index is 10.6. The second-order valence-electron chi connectivity index (χ2n) is 7.69. The molecule has 28 heavy (non-hydrogen) atoms. The maximum Gasteiger partial charge on any atom is 0.191 e. The molecule has 0 saturated heterocycles. The second kappa shape index (κ2) is 10.8. The van der Waals surface area contributed by atoms with E-state index >= 15 is 0 Å². The van der Waals surface area contributed by atoms with Crippen LogP contribution in [-0.2, 0) is 0 Å². The average Bonchev–Trinajstić information content (AvgIpc) is 3.11. The number of aliphatic imine (C=N–C) groups is 1. The summed E-state index contributed by atoms with van der Waals surface area (Å²) in [6.07, 6.45) is 3.24. The highest BCUT2D eigenvalue weighted by atomic mass is 127. The summed E-state index contributed by atoms with van der Waals surface area (Å²) >= 11 is 1.62. The predicted molar refractivity (Wildman–Crippen MR) is 129 cm³/mol. The monoisotopic (exact) mass is 517 g/mol. The van der Waals surface area contributed by atoms with Gasteiger partial charge in [-0.15, -0.1) is 35.3 Å². The van der Waals surface area contributed by atoms with Crippen LogP contribution in [0.1, 0.15) is 50.5 Å². The first-order valence-corrected chi connectivity index (χ1v) is 10.7. The van der Waals surface area contributed by atoms with E-state index in [0.717, 1.165) is 42.5 Å². The lowest BCUT2D eigenvalue weighted by molar-refractivity contribution is 0.00715. The third-order valence-electron chi connectivity index (χ3n) is 5.46. The molecule has 0 radical (unpaired) electrons. The van der Waals surface area contributed by atoms with Gasteiger partial charge in [0.25, 0.3) is 0 Å². The first kappa shape index (κ1) is 23.4. The largest absolute Gasteiger partial charge is 0.392 e. The van der Waals surface area contributed by atoms with Crippen LogP contribution in [0.5, 0.6) is 0 Å². The Morgan fingerprint density at radius 1 is 1.32 bits per heavy atom. The van der Waals surface area contributed by atoms with Crippen molar-refractivity contribution in [2.45, 2.75) is 51.7 Å². The first-order chi connectivity index (χ1) is 13.0. The molecule has 3 rings (SSSR count). The summed E-state index contributed by atoms with van der Waals surface area (Å²) in [4.78, 5) is 5.65. The molecule has 5 nitrogen and oxygen atoms in total. The van der Waals surface area contributed by atoms with Crippen LogP contribution in [0.2, 0.25) is 0 Å². The van der Waals surface area contributed by atoms with Gasteiger partial charge < -0.3 is 20.8 Å². The van der Waals surface area contributed by atoms with Gasteiger partial charge in [0.1, 0.15) is 6.10 Å². The summed E-state index contributed by atoms with van der Waals surface area (Å²) in [6, 6.07) is 10.2. The maximum atomic E-state index is 10.6. The number of nitrogens with zero attached hydrogens (tertiary/aromatic N) is 1. The van der Waals surface area contributed by atoms with Crippen molar-refractivity contribution in [1.82, 2.24) is 10.6 Å². The molecule has 0 aliphatic heterocycles. The van der Waals surface area contributed by atoms with Crippen molar-refractivity contribution in [2.24, 2.45) is 10.4 Å². The Morgan fingerprint density at radius 3 is 2.82 bits per heavy atom. The predicted octanol–water partition coefficient (Wildman–Crippen LogP) is 4.05. The van der Waals surface area contributed by atoms with Crippen LogP contribution in [0.4, 0.5) is 0 Å². The van der Waals surface area contributed by atoms with E-state index < -0.39 is 6.10 Å². The topological polar surface area (TPSA) is 76.9 Å². The van der Waals surface area contributed by atoms with Crippen molar-refractivity contribution in [2.75, 3.05) is 19.6 Å². The average molecular weight is 517 g/mol. The fraction of sp³-hybridized carbons (Fsp3) is 0.571. The van der Waals surface area contributed by atoms with Gasteiger partial charge in [-0.2, -0.15) is 0 Å². The fourth-order valence-corrected chi connectivity index (χ4v) is 4.68. The number of aliphatic hydroxyl groups excluding tert-OH is 2. The van der Waals surface area contributed by atoms with Crippen molar-refractivity contribution >= 4 is 51.4 Å². The Bertz CT molecular complexity index is 749. The van der Waals surface area contributed by atoms with Gasteiger partial charge in [0, 0.05) is 28.1 Å². The highest BCUT2D eigenvalue weighted by Gasteiger charge is 2.35. The van der Waals surface area contributed by atoms with Gasteiger partial charge in [-0.1, -0.05) is 38.0 Å². The smallest absolute Gasteiger partial charge is 0.191 e. The Morgan fingerprint density at radius 2 is 2.11 bits per heavy atom. The molecule has 1 heterocycles. The summed E-state index contributed by atoms with van der Waals surface area (Å²) < 4.78 is 1.19. The minimum absolute atomic E-state index is 0. The lowest BCUT2D eigenvalue weighted by atomic mass is 9.73. The van der Waals surface area contributed by atoms with Gasteiger partial charge in [0.05, 0.1) is 12.6 Å². The zero-order valence-electron chi connectivity index (χ0n) is 16.6. The zero-order valence-corrected chi connectivity index (χ0v) is 19.8. The normalized spacial score (nSPS) is 23.9.